The summed E-state index contributed by atoms with van der Waals surface area (Å²) in [5.41, 5.74) is 0.901. The average Bonchev–Trinajstić information content (AvgIpc) is 2.35. The van der Waals surface area contributed by atoms with Gasteiger partial charge >= 0.3 is 6.09 Å². The molecule has 0 spiro atoms. The molecule has 0 fully saturated rings. The summed E-state index contributed by atoms with van der Waals surface area (Å²) in [7, 11) is 0. The minimum absolute atomic E-state index is 0.0776. The molecule has 1 aromatic rings. The van der Waals surface area contributed by atoms with E-state index in [0.29, 0.717) is 0 Å². The summed E-state index contributed by atoms with van der Waals surface area (Å²) in [5.74, 6) is 0. The van der Waals surface area contributed by atoms with E-state index in [1.165, 1.54) is 0 Å². The van der Waals surface area contributed by atoms with Crippen molar-refractivity contribution in [3.05, 3.63) is 35.9 Å². The van der Waals surface area contributed by atoms with Crippen LogP contribution < -0.4 is 5.32 Å². The Labute approximate surface area is 100 Å². The molecule has 1 atom stereocenters. The third-order valence-electron chi connectivity index (χ3n) is 2.16. The summed E-state index contributed by atoms with van der Waals surface area (Å²) >= 11 is 0. The van der Waals surface area contributed by atoms with Crippen molar-refractivity contribution in [3.8, 4) is 0 Å². The van der Waals surface area contributed by atoms with Crippen LogP contribution in [0.5, 0.6) is 0 Å². The van der Waals surface area contributed by atoms with Gasteiger partial charge in [-0.2, -0.15) is 0 Å². The molecule has 0 unspecified atom stereocenters. The number of ether oxygens (including phenoxy) is 1. The van der Waals surface area contributed by atoms with Crippen molar-refractivity contribution in [1.82, 2.24) is 5.32 Å². The topological polar surface area (TPSA) is 78.8 Å². The first kappa shape index (κ1) is 13.5. The Morgan fingerprint density at radius 2 is 2.06 bits per heavy atom. The Morgan fingerprint density at radius 1 is 1.35 bits per heavy atom. The van der Waals surface area contributed by atoms with Crippen LogP contribution in [0.15, 0.2) is 30.3 Å². The van der Waals surface area contributed by atoms with E-state index in [1.54, 1.807) is 0 Å². The lowest BCUT2D eigenvalue weighted by Crippen LogP contribution is -2.32. The molecular formula is C12H17NO4. The van der Waals surface area contributed by atoms with Gasteiger partial charge in [0.1, 0.15) is 6.61 Å². The highest BCUT2D eigenvalue weighted by molar-refractivity contribution is 5.67. The van der Waals surface area contributed by atoms with Gasteiger partial charge in [-0.25, -0.2) is 4.79 Å². The second kappa shape index (κ2) is 7.65. The summed E-state index contributed by atoms with van der Waals surface area (Å²) in [5, 5.41) is 20.2. The number of benzene rings is 1. The van der Waals surface area contributed by atoms with E-state index in [1.807, 2.05) is 30.3 Å². The van der Waals surface area contributed by atoms with Gasteiger partial charge in [-0.15, -0.1) is 0 Å². The van der Waals surface area contributed by atoms with Crippen LogP contribution in [0.25, 0.3) is 0 Å². The lowest BCUT2D eigenvalue weighted by Gasteiger charge is -2.10. The SMILES string of the molecule is O=C(NC[C@H](O)CCO)OCc1ccccc1. The van der Waals surface area contributed by atoms with Gasteiger partial charge < -0.3 is 20.3 Å². The molecule has 0 bridgehead atoms. The Balaban J connectivity index is 2.17. The fraction of sp³-hybridized carbons (Fsp3) is 0.417. The fourth-order valence-corrected chi connectivity index (χ4v) is 1.23. The zero-order chi connectivity index (χ0) is 12.5. The molecule has 0 saturated carbocycles. The zero-order valence-electron chi connectivity index (χ0n) is 9.50. The number of nitrogens with one attached hydrogen (secondary N) is 1. The van der Waals surface area contributed by atoms with Crippen molar-refractivity contribution >= 4 is 6.09 Å². The number of amides is 1. The highest BCUT2D eigenvalue weighted by atomic mass is 16.5. The standard InChI is InChI=1S/C12H17NO4/c14-7-6-11(15)8-13-12(16)17-9-10-4-2-1-3-5-10/h1-5,11,14-15H,6-9H2,(H,13,16)/t11-/m1/s1. The Kier molecular flexibility index (Phi) is 6.06. The summed E-state index contributed by atoms with van der Waals surface area (Å²) in [6, 6.07) is 9.32. The van der Waals surface area contributed by atoms with Gasteiger partial charge in [-0.1, -0.05) is 30.3 Å². The van der Waals surface area contributed by atoms with Crippen molar-refractivity contribution < 1.29 is 19.7 Å². The maximum atomic E-state index is 11.2. The first-order chi connectivity index (χ1) is 8.22. The van der Waals surface area contributed by atoms with Gasteiger partial charge in [0.15, 0.2) is 0 Å². The van der Waals surface area contributed by atoms with Gasteiger partial charge in [0.2, 0.25) is 0 Å². The molecule has 0 aromatic heterocycles. The highest BCUT2D eigenvalue weighted by Crippen LogP contribution is 2.00. The third kappa shape index (κ3) is 5.89. The van der Waals surface area contributed by atoms with Crippen molar-refractivity contribution in [2.45, 2.75) is 19.1 Å². The predicted molar refractivity (Wildman–Crippen MR) is 62.3 cm³/mol. The highest BCUT2D eigenvalue weighted by Gasteiger charge is 2.07. The van der Waals surface area contributed by atoms with E-state index < -0.39 is 12.2 Å². The number of hydrogen-bond acceptors (Lipinski definition) is 4. The molecule has 3 N–H and O–H groups in total. The lowest BCUT2D eigenvalue weighted by molar-refractivity contribution is 0.112. The van der Waals surface area contributed by atoms with Gasteiger partial charge in [0.05, 0.1) is 6.10 Å². The molecule has 1 aromatic carbocycles. The minimum atomic E-state index is -0.746. The molecule has 94 valence electrons. The van der Waals surface area contributed by atoms with Crippen molar-refractivity contribution in [1.29, 1.82) is 0 Å². The lowest BCUT2D eigenvalue weighted by atomic mass is 10.2. The van der Waals surface area contributed by atoms with E-state index in [-0.39, 0.29) is 26.2 Å². The maximum absolute atomic E-state index is 11.2. The van der Waals surface area contributed by atoms with Crippen LogP contribution in [-0.2, 0) is 11.3 Å². The van der Waals surface area contributed by atoms with Crippen LogP contribution in [0.2, 0.25) is 0 Å². The number of alkyl carbamates (subject to hydrolysis) is 1. The molecule has 0 aliphatic rings. The van der Waals surface area contributed by atoms with Crippen LogP contribution in [-0.4, -0.2) is 35.6 Å². The smallest absolute Gasteiger partial charge is 0.407 e. The number of carbonyl (C=O) groups excluding carboxylic acids is 1. The third-order valence-corrected chi connectivity index (χ3v) is 2.16. The van der Waals surface area contributed by atoms with Crippen LogP contribution in [0.4, 0.5) is 4.79 Å². The molecule has 0 radical (unpaired) electrons. The molecule has 0 saturated heterocycles. The summed E-state index contributed by atoms with van der Waals surface area (Å²) in [6.07, 6.45) is -1.09. The first-order valence-electron chi connectivity index (χ1n) is 5.46. The largest absolute Gasteiger partial charge is 0.445 e. The molecule has 0 aliphatic carbocycles. The van der Waals surface area contributed by atoms with Crippen LogP contribution in [0.3, 0.4) is 0 Å². The molecular weight excluding hydrogens is 222 g/mol. The first-order valence-corrected chi connectivity index (χ1v) is 5.46. The molecule has 17 heavy (non-hydrogen) atoms. The molecule has 1 rings (SSSR count). The molecule has 0 aliphatic heterocycles. The van der Waals surface area contributed by atoms with Crippen molar-refractivity contribution in [2.24, 2.45) is 0 Å². The second-order valence-electron chi connectivity index (χ2n) is 3.61. The quantitative estimate of drug-likeness (QED) is 0.681. The zero-order valence-corrected chi connectivity index (χ0v) is 9.50. The van der Waals surface area contributed by atoms with Gasteiger partial charge in [-0.05, 0) is 12.0 Å². The van der Waals surface area contributed by atoms with E-state index in [4.69, 9.17) is 9.84 Å². The number of carbonyl (C=O) groups is 1. The van der Waals surface area contributed by atoms with Crippen molar-refractivity contribution in [3.63, 3.8) is 0 Å². The Hall–Kier alpha value is -1.59. The minimum Gasteiger partial charge on any atom is -0.445 e. The summed E-state index contributed by atoms with van der Waals surface area (Å²) in [6.45, 7) is 0.166. The molecule has 0 heterocycles. The summed E-state index contributed by atoms with van der Waals surface area (Å²) < 4.78 is 4.93. The normalized spacial score (nSPS) is 11.9. The van der Waals surface area contributed by atoms with Crippen LogP contribution in [0, 0.1) is 0 Å². The monoisotopic (exact) mass is 239 g/mol. The van der Waals surface area contributed by atoms with E-state index in [9.17, 15) is 9.90 Å². The molecule has 5 heteroatoms. The maximum Gasteiger partial charge on any atom is 0.407 e. The van der Waals surface area contributed by atoms with Gasteiger partial charge in [0.25, 0.3) is 0 Å². The molecule has 1 amide bonds. The Bertz CT molecular complexity index is 329. The number of aliphatic hydroxyl groups is 2. The molecule has 5 nitrogen and oxygen atoms in total. The second-order valence-corrected chi connectivity index (χ2v) is 3.61. The van der Waals surface area contributed by atoms with Gasteiger partial charge in [-0.3, -0.25) is 0 Å². The van der Waals surface area contributed by atoms with Crippen LogP contribution >= 0.6 is 0 Å². The fourth-order valence-electron chi connectivity index (χ4n) is 1.23. The Morgan fingerprint density at radius 3 is 2.71 bits per heavy atom. The average molecular weight is 239 g/mol. The van der Waals surface area contributed by atoms with Gasteiger partial charge in [0, 0.05) is 13.2 Å². The summed E-state index contributed by atoms with van der Waals surface area (Å²) in [4.78, 5) is 11.2. The number of aliphatic hydroxyl groups excluding tert-OH is 2. The van der Waals surface area contributed by atoms with E-state index >= 15 is 0 Å². The van der Waals surface area contributed by atoms with E-state index in [2.05, 4.69) is 5.32 Å². The number of rotatable bonds is 6. The predicted octanol–water partition coefficient (Wildman–Crippen LogP) is 0.656. The van der Waals surface area contributed by atoms with Crippen molar-refractivity contribution in [2.75, 3.05) is 13.2 Å². The number of hydrogen-bond donors (Lipinski definition) is 3. The van der Waals surface area contributed by atoms with Crippen LogP contribution in [0.1, 0.15) is 12.0 Å². The van der Waals surface area contributed by atoms with E-state index in [0.717, 1.165) is 5.56 Å².